The van der Waals surface area contributed by atoms with Crippen molar-refractivity contribution in [3.63, 3.8) is 0 Å². The van der Waals surface area contributed by atoms with Crippen LogP contribution in [0.5, 0.6) is 11.5 Å². The summed E-state index contributed by atoms with van der Waals surface area (Å²) >= 11 is 0. The number of benzene rings is 3. The Bertz CT molecular complexity index is 1420. The molecule has 1 aromatic heterocycles. The van der Waals surface area contributed by atoms with Crippen LogP contribution in [0.15, 0.2) is 84.5 Å². The molecule has 2 N–H and O–H groups in total. The van der Waals surface area contributed by atoms with Gasteiger partial charge in [-0.3, -0.25) is 4.99 Å². The van der Waals surface area contributed by atoms with Gasteiger partial charge in [-0.25, -0.2) is 4.98 Å². The van der Waals surface area contributed by atoms with E-state index in [9.17, 15) is 0 Å². The van der Waals surface area contributed by atoms with Gasteiger partial charge in [0.05, 0.1) is 24.7 Å². The molecule has 0 spiro atoms. The lowest BCUT2D eigenvalue weighted by atomic mass is 10.1. The molecule has 184 valence electrons. The van der Waals surface area contributed by atoms with Gasteiger partial charge in [-0.05, 0) is 65.4 Å². The molecule has 36 heavy (non-hydrogen) atoms. The Morgan fingerprint density at radius 1 is 1.03 bits per heavy atom. The average molecular weight is 481 g/mol. The molecule has 0 saturated carbocycles. The van der Waals surface area contributed by atoms with Gasteiger partial charge in [0.2, 0.25) is 5.95 Å². The van der Waals surface area contributed by atoms with Crippen LogP contribution in [0.2, 0.25) is 0 Å². The second kappa shape index (κ2) is 11.4. The van der Waals surface area contributed by atoms with Crippen molar-refractivity contribution in [2.75, 3.05) is 12.8 Å². The van der Waals surface area contributed by atoms with Crippen LogP contribution >= 0.6 is 0 Å². The summed E-state index contributed by atoms with van der Waals surface area (Å²) in [6.07, 6.45) is 6.33. The third-order valence-electron chi connectivity index (χ3n) is 6.14. The molecule has 0 aliphatic heterocycles. The molecule has 4 aromatic rings. The number of anilines is 1. The zero-order valence-electron chi connectivity index (χ0n) is 21.1. The molecule has 0 radical (unpaired) electrons. The lowest BCUT2D eigenvalue weighted by Gasteiger charge is -2.14. The van der Waals surface area contributed by atoms with Gasteiger partial charge in [-0.15, -0.1) is 0 Å². The number of nitrogens with two attached hydrogens (primary N) is 1. The number of nitrogen functional groups attached to an aromatic ring is 1. The lowest BCUT2D eigenvalue weighted by Crippen LogP contribution is -2.05. The van der Waals surface area contributed by atoms with Crippen molar-refractivity contribution in [3.8, 4) is 11.5 Å². The van der Waals surface area contributed by atoms with E-state index in [1.165, 1.54) is 11.8 Å². The molecular formula is C30H32N4O2. The fraction of sp³-hybridized carbons (Fsp3) is 0.200. The van der Waals surface area contributed by atoms with Gasteiger partial charge >= 0.3 is 0 Å². The summed E-state index contributed by atoms with van der Waals surface area (Å²) < 4.78 is 13.7. The number of hydrogen-bond acceptors (Lipinski definition) is 5. The quantitative estimate of drug-likeness (QED) is 0.265. The predicted molar refractivity (Wildman–Crippen MR) is 149 cm³/mol. The summed E-state index contributed by atoms with van der Waals surface area (Å²) in [7, 11) is 1.65. The van der Waals surface area contributed by atoms with Crippen molar-refractivity contribution in [3.05, 3.63) is 102 Å². The van der Waals surface area contributed by atoms with E-state index in [1.807, 2.05) is 47.9 Å². The minimum absolute atomic E-state index is 0.457. The first kappa shape index (κ1) is 24.8. The molecule has 3 aromatic carbocycles. The Hall–Kier alpha value is -4.32. The highest BCUT2D eigenvalue weighted by molar-refractivity contribution is 6.10. The Kier molecular flexibility index (Phi) is 7.85. The number of imidazole rings is 1. The summed E-state index contributed by atoms with van der Waals surface area (Å²) in [5.41, 5.74) is 13.6. The first-order valence-corrected chi connectivity index (χ1v) is 12.0. The van der Waals surface area contributed by atoms with E-state index in [0.717, 1.165) is 39.7 Å². The minimum atomic E-state index is 0.457. The molecule has 0 bridgehead atoms. The molecular weight excluding hydrogens is 448 g/mol. The van der Waals surface area contributed by atoms with Crippen molar-refractivity contribution in [1.29, 1.82) is 0 Å². The fourth-order valence-corrected chi connectivity index (χ4v) is 4.09. The summed E-state index contributed by atoms with van der Waals surface area (Å²) in [6.45, 7) is 8.80. The fourth-order valence-electron chi connectivity index (χ4n) is 4.09. The molecule has 1 heterocycles. The van der Waals surface area contributed by atoms with E-state index in [-0.39, 0.29) is 0 Å². The molecule has 0 aliphatic carbocycles. The summed E-state index contributed by atoms with van der Waals surface area (Å²) in [5.74, 6) is 1.84. The number of allylic oxidation sites excluding steroid dienone is 2. The molecule has 0 unspecified atom stereocenters. The molecule has 6 heteroatoms. The molecule has 4 rings (SSSR count). The zero-order chi connectivity index (χ0) is 25.5. The van der Waals surface area contributed by atoms with E-state index < -0.39 is 0 Å². The van der Waals surface area contributed by atoms with E-state index in [4.69, 9.17) is 15.2 Å². The average Bonchev–Trinajstić information content (AvgIpc) is 3.22. The van der Waals surface area contributed by atoms with Crippen LogP contribution in [0.3, 0.4) is 0 Å². The van der Waals surface area contributed by atoms with Crippen LogP contribution < -0.4 is 15.2 Å². The van der Waals surface area contributed by atoms with Crippen LogP contribution in [0, 0.1) is 0 Å². The first-order valence-electron chi connectivity index (χ1n) is 12.0. The molecule has 0 atom stereocenters. The van der Waals surface area contributed by atoms with Crippen LogP contribution in [-0.4, -0.2) is 22.9 Å². The van der Waals surface area contributed by atoms with E-state index in [0.29, 0.717) is 30.6 Å². The number of aromatic nitrogens is 2. The minimum Gasteiger partial charge on any atom is -0.493 e. The number of aryl methyl sites for hydroxylation is 1. The second-order valence-corrected chi connectivity index (χ2v) is 8.41. The number of aliphatic imine (C=N–C) groups is 1. The smallest absolute Gasteiger partial charge is 0.201 e. The highest BCUT2D eigenvalue weighted by Gasteiger charge is 2.13. The Labute approximate surface area is 212 Å². The summed E-state index contributed by atoms with van der Waals surface area (Å²) in [6, 6.07) is 20.5. The van der Waals surface area contributed by atoms with Gasteiger partial charge in [0.15, 0.2) is 11.5 Å². The number of methoxy groups -OCH3 is 1. The normalized spacial score (nSPS) is 11.8. The highest BCUT2D eigenvalue weighted by Crippen LogP contribution is 2.30. The Morgan fingerprint density at radius 3 is 2.47 bits per heavy atom. The maximum atomic E-state index is 6.31. The van der Waals surface area contributed by atoms with Crippen molar-refractivity contribution >= 4 is 28.8 Å². The third-order valence-corrected chi connectivity index (χ3v) is 6.14. The summed E-state index contributed by atoms with van der Waals surface area (Å²) in [5, 5.41) is 0. The van der Waals surface area contributed by atoms with Gasteiger partial charge in [0.25, 0.3) is 0 Å². The van der Waals surface area contributed by atoms with Gasteiger partial charge in [0, 0.05) is 12.4 Å². The summed E-state index contributed by atoms with van der Waals surface area (Å²) in [4.78, 5) is 8.73. The Balaban J connectivity index is 1.54. The van der Waals surface area contributed by atoms with Crippen molar-refractivity contribution in [2.45, 2.75) is 33.4 Å². The maximum Gasteiger partial charge on any atom is 0.201 e. The number of hydrogen-bond donors (Lipinski definition) is 1. The SMILES string of the molecule is C=C/N=C\C(=C/C)c1ccc2c(c1)nc(N)n2Cc1ccc(OCc2ccc(CC)cc2)c(OC)c1. The van der Waals surface area contributed by atoms with Crippen LogP contribution in [0.1, 0.15) is 36.1 Å². The molecule has 0 fully saturated rings. The topological polar surface area (TPSA) is 74.7 Å². The molecule has 6 nitrogen and oxygen atoms in total. The number of fused-ring (bicyclic) bond motifs is 1. The second-order valence-electron chi connectivity index (χ2n) is 8.41. The standard InChI is InChI=1S/C30H32N4O2/c1-5-21-8-10-22(11-9-21)20-36-28-15-12-23(16-29(28)35-4)19-34-27-14-13-25(17-26(27)33-30(34)31)24(6-2)18-32-7-3/h6-18H,3,5,19-20H2,1-2,4H3,(H2,31,33)/b24-6+,32-18-. The van der Waals surface area contributed by atoms with Gasteiger partial charge in [-0.2, -0.15) is 0 Å². The third kappa shape index (κ3) is 5.49. The lowest BCUT2D eigenvalue weighted by molar-refractivity contribution is 0.284. The van der Waals surface area contributed by atoms with Crippen molar-refractivity contribution in [2.24, 2.45) is 4.99 Å². The molecule has 0 saturated heterocycles. The highest BCUT2D eigenvalue weighted by atomic mass is 16.5. The van der Waals surface area contributed by atoms with Crippen molar-refractivity contribution < 1.29 is 9.47 Å². The Morgan fingerprint density at radius 2 is 1.78 bits per heavy atom. The van der Waals surface area contributed by atoms with Crippen LogP contribution in [0.25, 0.3) is 16.6 Å². The monoisotopic (exact) mass is 480 g/mol. The van der Waals surface area contributed by atoms with Gasteiger partial charge in [0.1, 0.15) is 6.61 Å². The number of nitrogens with zero attached hydrogens (tertiary/aromatic N) is 3. The molecule has 0 amide bonds. The largest absolute Gasteiger partial charge is 0.493 e. The van der Waals surface area contributed by atoms with E-state index in [2.05, 4.69) is 53.8 Å². The zero-order valence-corrected chi connectivity index (χ0v) is 21.1. The maximum absolute atomic E-state index is 6.31. The van der Waals surface area contributed by atoms with Crippen molar-refractivity contribution in [1.82, 2.24) is 9.55 Å². The predicted octanol–water partition coefficient (Wildman–Crippen LogP) is 6.43. The van der Waals surface area contributed by atoms with E-state index in [1.54, 1.807) is 13.3 Å². The molecule has 0 aliphatic rings. The van der Waals surface area contributed by atoms with Gasteiger partial charge < -0.3 is 19.8 Å². The number of ether oxygens (including phenoxy) is 2. The van der Waals surface area contributed by atoms with Gasteiger partial charge in [-0.1, -0.05) is 56.0 Å². The van der Waals surface area contributed by atoms with E-state index >= 15 is 0 Å². The first-order chi connectivity index (χ1) is 17.6. The van der Waals surface area contributed by atoms with Crippen LogP contribution in [-0.2, 0) is 19.6 Å². The van der Waals surface area contributed by atoms with Crippen LogP contribution in [0.4, 0.5) is 5.95 Å². The number of rotatable bonds is 10.